The van der Waals surface area contributed by atoms with E-state index in [0.29, 0.717) is 37.3 Å². The van der Waals surface area contributed by atoms with Gasteiger partial charge in [0.05, 0.1) is 25.8 Å². The molecule has 0 aliphatic rings. The normalized spacial score (nSPS) is 10.4. The number of anilines is 1. The number of rotatable bonds is 2. The van der Waals surface area contributed by atoms with Crippen molar-refractivity contribution in [2.45, 2.75) is 0 Å². The first-order chi connectivity index (χ1) is 8.47. The van der Waals surface area contributed by atoms with Gasteiger partial charge in [-0.15, -0.1) is 0 Å². The van der Waals surface area contributed by atoms with E-state index in [1.165, 1.54) is 6.07 Å². The van der Waals surface area contributed by atoms with E-state index in [1.54, 1.807) is 24.3 Å². The van der Waals surface area contributed by atoms with Gasteiger partial charge in [0.25, 0.3) is 0 Å². The van der Waals surface area contributed by atoms with Gasteiger partial charge < -0.3 is 10.5 Å². The number of halogens is 4. The van der Waals surface area contributed by atoms with E-state index < -0.39 is 0 Å². The summed E-state index contributed by atoms with van der Waals surface area (Å²) in [5.74, 6) is 0.914. The van der Waals surface area contributed by atoms with Gasteiger partial charge in [0.15, 0.2) is 5.75 Å². The Morgan fingerprint density at radius 1 is 0.778 bits per heavy atom. The van der Waals surface area contributed by atoms with E-state index in [0.717, 1.165) is 0 Å². The third kappa shape index (κ3) is 2.96. The fourth-order valence-electron chi connectivity index (χ4n) is 1.30. The molecule has 18 heavy (non-hydrogen) atoms. The molecule has 0 amide bonds. The maximum Gasteiger partial charge on any atom is 0.151 e. The third-order valence-electron chi connectivity index (χ3n) is 2.17. The predicted molar refractivity (Wildman–Crippen MR) is 77.4 cm³/mol. The standard InChI is InChI=1S/C12H7Cl4NO/c13-7-2-1-6(3-8(7)14)18-12-5-10(16)9(15)4-11(12)17/h1-5H,17H2. The van der Waals surface area contributed by atoms with Crippen molar-refractivity contribution in [3.05, 3.63) is 50.4 Å². The molecule has 0 aliphatic heterocycles. The molecular weight excluding hydrogens is 316 g/mol. The summed E-state index contributed by atoms with van der Waals surface area (Å²) < 4.78 is 5.57. The first kappa shape index (κ1) is 13.6. The van der Waals surface area contributed by atoms with Crippen molar-refractivity contribution in [1.82, 2.24) is 0 Å². The average molecular weight is 323 g/mol. The van der Waals surface area contributed by atoms with Crippen LogP contribution in [-0.4, -0.2) is 0 Å². The van der Waals surface area contributed by atoms with Crippen molar-refractivity contribution >= 4 is 52.1 Å². The topological polar surface area (TPSA) is 35.2 Å². The van der Waals surface area contributed by atoms with Gasteiger partial charge in [-0.2, -0.15) is 0 Å². The molecular formula is C12H7Cl4NO. The maximum absolute atomic E-state index is 5.89. The van der Waals surface area contributed by atoms with Crippen LogP contribution in [0.4, 0.5) is 5.69 Å². The van der Waals surface area contributed by atoms with Crippen LogP contribution < -0.4 is 10.5 Å². The van der Waals surface area contributed by atoms with Gasteiger partial charge in [0.2, 0.25) is 0 Å². The minimum atomic E-state index is 0.362. The van der Waals surface area contributed by atoms with Crippen LogP contribution >= 0.6 is 46.4 Å². The first-order valence-electron chi connectivity index (χ1n) is 4.85. The van der Waals surface area contributed by atoms with Crippen molar-refractivity contribution in [2.24, 2.45) is 0 Å². The summed E-state index contributed by atoms with van der Waals surface area (Å²) in [6.45, 7) is 0. The highest BCUT2D eigenvalue weighted by molar-refractivity contribution is 6.42. The second-order valence-corrected chi connectivity index (χ2v) is 5.11. The SMILES string of the molecule is Nc1cc(Cl)c(Cl)cc1Oc1ccc(Cl)c(Cl)c1. The van der Waals surface area contributed by atoms with Gasteiger partial charge in [-0.3, -0.25) is 0 Å². The largest absolute Gasteiger partial charge is 0.455 e. The number of hydrogen-bond acceptors (Lipinski definition) is 2. The molecule has 0 aliphatic carbocycles. The minimum absolute atomic E-state index is 0.362. The lowest BCUT2D eigenvalue weighted by Crippen LogP contribution is -1.92. The summed E-state index contributed by atoms with van der Waals surface area (Å²) in [6.07, 6.45) is 0. The fourth-order valence-corrected chi connectivity index (χ4v) is 1.91. The summed E-state index contributed by atoms with van der Waals surface area (Å²) in [4.78, 5) is 0. The average Bonchev–Trinajstić information content (AvgIpc) is 2.31. The molecule has 0 heterocycles. The third-order valence-corrected chi connectivity index (χ3v) is 3.63. The molecule has 0 saturated heterocycles. The Hall–Kier alpha value is -0.800. The Balaban J connectivity index is 2.34. The molecule has 0 saturated carbocycles. The van der Waals surface area contributed by atoms with Crippen LogP contribution in [0.3, 0.4) is 0 Å². The fraction of sp³-hybridized carbons (Fsp3) is 0. The van der Waals surface area contributed by atoms with Gasteiger partial charge in [0.1, 0.15) is 5.75 Å². The summed E-state index contributed by atoms with van der Waals surface area (Å²) in [6, 6.07) is 7.97. The first-order valence-corrected chi connectivity index (χ1v) is 6.36. The zero-order valence-corrected chi connectivity index (χ0v) is 11.9. The lowest BCUT2D eigenvalue weighted by Gasteiger charge is -2.10. The molecule has 0 atom stereocenters. The Kier molecular flexibility index (Phi) is 4.13. The maximum atomic E-state index is 5.89. The number of ether oxygens (including phenoxy) is 1. The van der Waals surface area contributed by atoms with Crippen LogP contribution in [0.15, 0.2) is 30.3 Å². The van der Waals surface area contributed by atoms with Gasteiger partial charge in [0, 0.05) is 12.1 Å². The van der Waals surface area contributed by atoms with Crippen molar-refractivity contribution in [3.63, 3.8) is 0 Å². The molecule has 6 heteroatoms. The zero-order chi connectivity index (χ0) is 13.3. The number of benzene rings is 2. The van der Waals surface area contributed by atoms with Crippen molar-refractivity contribution in [1.29, 1.82) is 0 Å². The summed E-state index contributed by atoms with van der Waals surface area (Å²) >= 11 is 23.4. The van der Waals surface area contributed by atoms with E-state index in [2.05, 4.69) is 0 Å². The Labute approximate surface area is 124 Å². The zero-order valence-electron chi connectivity index (χ0n) is 8.88. The number of nitrogens with two attached hydrogens (primary N) is 1. The molecule has 0 fully saturated rings. The van der Waals surface area contributed by atoms with Gasteiger partial charge >= 0.3 is 0 Å². The van der Waals surface area contributed by atoms with Crippen LogP contribution in [0.1, 0.15) is 0 Å². The van der Waals surface area contributed by atoms with Crippen LogP contribution in [0, 0.1) is 0 Å². The highest BCUT2D eigenvalue weighted by Gasteiger charge is 2.08. The monoisotopic (exact) mass is 321 g/mol. The van der Waals surface area contributed by atoms with Crippen molar-refractivity contribution in [2.75, 3.05) is 5.73 Å². The molecule has 94 valence electrons. The van der Waals surface area contributed by atoms with Gasteiger partial charge in [-0.25, -0.2) is 0 Å². The van der Waals surface area contributed by atoms with Crippen LogP contribution in [0.25, 0.3) is 0 Å². The highest BCUT2D eigenvalue weighted by Crippen LogP contribution is 2.36. The molecule has 2 aromatic rings. The summed E-state index contributed by atoms with van der Waals surface area (Å²) in [7, 11) is 0. The van der Waals surface area contributed by atoms with E-state index in [1.807, 2.05) is 0 Å². The quantitative estimate of drug-likeness (QED) is 0.722. The molecule has 0 radical (unpaired) electrons. The Morgan fingerprint density at radius 2 is 1.39 bits per heavy atom. The molecule has 0 spiro atoms. The second kappa shape index (κ2) is 5.45. The number of hydrogen-bond donors (Lipinski definition) is 1. The second-order valence-electron chi connectivity index (χ2n) is 3.48. The van der Waals surface area contributed by atoms with Crippen molar-refractivity contribution in [3.8, 4) is 11.5 Å². The summed E-state index contributed by atoms with van der Waals surface area (Å²) in [5, 5.41) is 1.58. The molecule has 2 nitrogen and oxygen atoms in total. The van der Waals surface area contributed by atoms with Crippen molar-refractivity contribution < 1.29 is 4.74 Å². The lowest BCUT2D eigenvalue weighted by atomic mass is 10.3. The Morgan fingerprint density at radius 3 is 2.06 bits per heavy atom. The van der Waals surface area contributed by atoms with Crippen LogP contribution in [0.2, 0.25) is 20.1 Å². The smallest absolute Gasteiger partial charge is 0.151 e. The van der Waals surface area contributed by atoms with Gasteiger partial charge in [-0.1, -0.05) is 46.4 Å². The number of nitrogen functional groups attached to an aromatic ring is 1. The molecule has 0 unspecified atom stereocenters. The van der Waals surface area contributed by atoms with Crippen LogP contribution in [0.5, 0.6) is 11.5 Å². The molecule has 2 rings (SSSR count). The van der Waals surface area contributed by atoms with E-state index >= 15 is 0 Å². The van der Waals surface area contributed by atoms with E-state index in [9.17, 15) is 0 Å². The Bertz CT molecular complexity index is 601. The van der Waals surface area contributed by atoms with E-state index in [4.69, 9.17) is 56.9 Å². The molecule has 0 bridgehead atoms. The van der Waals surface area contributed by atoms with Crippen LogP contribution in [-0.2, 0) is 0 Å². The lowest BCUT2D eigenvalue weighted by molar-refractivity contribution is 0.485. The highest BCUT2D eigenvalue weighted by atomic mass is 35.5. The predicted octanol–water partition coefficient (Wildman–Crippen LogP) is 5.67. The minimum Gasteiger partial charge on any atom is -0.455 e. The van der Waals surface area contributed by atoms with Gasteiger partial charge in [-0.05, 0) is 18.2 Å². The molecule has 0 aromatic heterocycles. The molecule has 2 aromatic carbocycles. The molecule has 2 N–H and O–H groups in total. The van der Waals surface area contributed by atoms with E-state index in [-0.39, 0.29) is 0 Å². The summed E-state index contributed by atoms with van der Waals surface area (Å²) in [5.41, 5.74) is 6.16.